The molecule has 3 heteroatoms. The van der Waals surface area contributed by atoms with E-state index in [1.165, 1.54) is 11.1 Å². The smallest absolute Gasteiger partial charge is 0.254 e. The molecule has 0 aromatic heterocycles. The van der Waals surface area contributed by atoms with E-state index in [-0.39, 0.29) is 5.91 Å². The van der Waals surface area contributed by atoms with Crippen molar-refractivity contribution in [3.8, 4) is 5.75 Å². The van der Waals surface area contributed by atoms with E-state index in [0.29, 0.717) is 13.2 Å². The Hall–Kier alpha value is -2.29. The molecule has 1 heterocycles. The fraction of sp³-hybridized carbons (Fsp3) is 0.278. The van der Waals surface area contributed by atoms with E-state index in [2.05, 4.69) is 18.2 Å². The predicted octanol–water partition coefficient (Wildman–Crippen LogP) is 3.28. The molecular formula is C18H19NO2. The van der Waals surface area contributed by atoms with Gasteiger partial charge in [-0.25, -0.2) is 0 Å². The standard InChI is InChI=1S/C18H19NO2/c1-2-21-17-9-7-15(8-10-17)18(20)19-12-11-14-5-3-4-6-16(14)13-19/h3-10H,2,11-13H2,1H3. The molecule has 21 heavy (non-hydrogen) atoms. The highest BCUT2D eigenvalue weighted by Gasteiger charge is 2.21. The molecule has 1 aliphatic rings. The first kappa shape index (κ1) is 13.7. The maximum Gasteiger partial charge on any atom is 0.254 e. The minimum Gasteiger partial charge on any atom is -0.494 e. The minimum absolute atomic E-state index is 0.0903. The van der Waals surface area contributed by atoms with Gasteiger partial charge in [0.25, 0.3) is 5.91 Å². The molecule has 0 saturated heterocycles. The molecule has 0 fully saturated rings. The molecule has 3 rings (SSSR count). The SMILES string of the molecule is CCOc1ccc(C(=O)N2CCc3ccccc3C2)cc1. The first-order chi connectivity index (χ1) is 10.3. The van der Waals surface area contributed by atoms with Gasteiger partial charge in [0.15, 0.2) is 0 Å². The zero-order valence-corrected chi connectivity index (χ0v) is 12.2. The zero-order chi connectivity index (χ0) is 14.7. The van der Waals surface area contributed by atoms with E-state index >= 15 is 0 Å². The topological polar surface area (TPSA) is 29.5 Å². The van der Waals surface area contributed by atoms with Crippen LogP contribution in [-0.4, -0.2) is 24.0 Å². The van der Waals surface area contributed by atoms with Crippen molar-refractivity contribution in [3.05, 3.63) is 65.2 Å². The molecule has 108 valence electrons. The van der Waals surface area contributed by atoms with E-state index in [0.717, 1.165) is 24.3 Å². The van der Waals surface area contributed by atoms with Gasteiger partial charge in [0.05, 0.1) is 6.61 Å². The van der Waals surface area contributed by atoms with E-state index in [4.69, 9.17) is 4.74 Å². The highest BCUT2D eigenvalue weighted by molar-refractivity contribution is 5.94. The first-order valence-electron chi connectivity index (χ1n) is 7.37. The van der Waals surface area contributed by atoms with Crippen LogP contribution in [0.25, 0.3) is 0 Å². The second-order valence-electron chi connectivity index (χ2n) is 5.20. The number of amides is 1. The van der Waals surface area contributed by atoms with Crippen molar-refractivity contribution in [2.24, 2.45) is 0 Å². The number of hydrogen-bond donors (Lipinski definition) is 0. The van der Waals surface area contributed by atoms with Gasteiger partial charge in [-0.2, -0.15) is 0 Å². The summed E-state index contributed by atoms with van der Waals surface area (Å²) in [5, 5.41) is 0. The van der Waals surface area contributed by atoms with Crippen LogP contribution in [0.2, 0.25) is 0 Å². The molecule has 1 amide bonds. The third-order valence-electron chi connectivity index (χ3n) is 3.83. The largest absolute Gasteiger partial charge is 0.494 e. The monoisotopic (exact) mass is 281 g/mol. The Kier molecular flexibility index (Phi) is 3.91. The summed E-state index contributed by atoms with van der Waals surface area (Å²) in [5.41, 5.74) is 3.33. The molecule has 0 spiro atoms. The fourth-order valence-corrected chi connectivity index (χ4v) is 2.71. The van der Waals surface area contributed by atoms with Crippen LogP contribution < -0.4 is 4.74 Å². The van der Waals surface area contributed by atoms with Gasteiger partial charge in [0.2, 0.25) is 0 Å². The molecule has 0 aliphatic carbocycles. The number of carbonyl (C=O) groups excluding carboxylic acids is 1. The van der Waals surface area contributed by atoms with Gasteiger partial charge in [-0.05, 0) is 48.7 Å². The summed E-state index contributed by atoms with van der Waals surface area (Å²) in [7, 11) is 0. The van der Waals surface area contributed by atoms with Crippen molar-refractivity contribution >= 4 is 5.91 Å². The third-order valence-corrected chi connectivity index (χ3v) is 3.83. The summed E-state index contributed by atoms with van der Waals surface area (Å²) in [4.78, 5) is 14.5. The molecule has 1 aliphatic heterocycles. The Balaban J connectivity index is 1.74. The Morgan fingerprint density at radius 2 is 1.81 bits per heavy atom. The molecule has 0 radical (unpaired) electrons. The van der Waals surface area contributed by atoms with E-state index in [1.54, 1.807) is 0 Å². The molecule has 2 aromatic rings. The van der Waals surface area contributed by atoms with Crippen LogP contribution in [0.1, 0.15) is 28.4 Å². The van der Waals surface area contributed by atoms with Crippen molar-refractivity contribution in [1.29, 1.82) is 0 Å². The molecule has 2 aromatic carbocycles. The minimum atomic E-state index is 0.0903. The lowest BCUT2D eigenvalue weighted by molar-refractivity contribution is 0.0734. The van der Waals surface area contributed by atoms with Gasteiger partial charge in [-0.15, -0.1) is 0 Å². The maximum absolute atomic E-state index is 12.6. The Morgan fingerprint density at radius 3 is 2.52 bits per heavy atom. The van der Waals surface area contributed by atoms with Crippen molar-refractivity contribution in [2.75, 3.05) is 13.2 Å². The normalized spacial score (nSPS) is 13.7. The number of nitrogens with zero attached hydrogens (tertiary/aromatic N) is 1. The van der Waals surface area contributed by atoms with Gasteiger partial charge in [-0.1, -0.05) is 24.3 Å². The quantitative estimate of drug-likeness (QED) is 0.864. The van der Waals surface area contributed by atoms with Crippen LogP contribution in [0.4, 0.5) is 0 Å². The average Bonchev–Trinajstić information content (AvgIpc) is 2.55. The second-order valence-corrected chi connectivity index (χ2v) is 5.20. The number of carbonyl (C=O) groups is 1. The molecule has 0 bridgehead atoms. The number of benzene rings is 2. The van der Waals surface area contributed by atoms with Crippen molar-refractivity contribution in [1.82, 2.24) is 4.90 Å². The summed E-state index contributed by atoms with van der Waals surface area (Å²) in [6.45, 7) is 4.06. The van der Waals surface area contributed by atoms with Crippen LogP contribution in [-0.2, 0) is 13.0 Å². The molecule has 3 nitrogen and oxygen atoms in total. The van der Waals surface area contributed by atoms with Crippen LogP contribution in [0.3, 0.4) is 0 Å². The molecule has 0 N–H and O–H groups in total. The maximum atomic E-state index is 12.6. The Labute approximate surface area is 125 Å². The van der Waals surface area contributed by atoms with E-state index in [9.17, 15) is 4.79 Å². The van der Waals surface area contributed by atoms with Gasteiger partial charge in [0, 0.05) is 18.7 Å². The lowest BCUT2D eigenvalue weighted by atomic mass is 9.99. The summed E-state index contributed by atoms with van der Waals surface area (Å²) >= 11 is 0. The molecule has 0 saturated carbocycles. The van der Waals surface area contributed by atoms with Gasteiger partial charge < -0.3 is 9.64 Å². The zero-order valence-electron chi connectivity index (χ0n) is 12.2. The lowest BCUT2D eigenvalue weighted by Gasteiger charge is -2.29. The van der Waals surface area contributed by atoms with Crippen molar-refractivity contribution < 1.29 is 9.53 Å². The van der Waals surface area contributed by atoms with Gasteiger partial charge in [-0.3, -0.25) is 4.79 Å². The summed E-state index contributed by atoms with van der Waals surface area (Å²) in [6, 6.07) is 15.7. The second kappa shape index (κ2) is 6.00. The van der Waals surface area contributed by atoms with Crippen LogP contribution in [0.15, 0.2) is 48.5 Å². The first-order valence-corrected chi connectivity index (χ1v) is 7.37. The van der Waals surface area contributed by atoms with E-state index in [1.807, 2.05) is 42.2 Å². The summed E-state index contributed by atoms with van der Waals surface area (Å²) in [5.74, 6) is 0.894. The number of fused-ring (bicyclic) bond motifs is 1. The third kappa shape index (κ3) is 2.92. The highest BCUT2D eigenvalue weighted by Crippen LogP contribution is 2.21. The molecular weight excluding hydrogens is 262 g/mol. The summed E-state index contributed by atoms with van der Waals surface area (Å²) in [6.07, 6.45) is 0.930. The van der Waals surface area contributed by atoms with E-state index < -0.39 is 0 Å². The average molecular weight is 281 g/mol. The van der Waals surface area contributed by atoms with Crippen LogP contribution >= 0.6 is 0 Å². The van der Waals surface area contributed by atoms with Crippen molar-refractivity contribution in [3.63, 3.8) is 0 Å². The lowest BCUT2D eigenvalue weighted by Crippen LogP contribution is -2.35. The molecule has 0 unspecified atom stereocenters. The van der Waals surface area contributed by atoms with Gasteiger partial charge in [0.1, 0.15) is 5.75 Å². The Bertz CT molecular complexity index is 634. The summed E-state index contributed by atoms with van der Waals surface area (Å²) < 4.78 is 5.41. The number of hydrogen-bond acceptors (Lipinski definition) is 2. The highest BCUT2D eigenvalue weighted by atomic mass is 16.5. The molecule has 0 atom stereocenters. The number of rotatable bonds is 3. The Morgan fingerprint density at radius 1 is 1.10 bits per heavy atom. The van der Waals surface area contributed by atoms with Crippen LogP contribution in [0, 0.1) is 0 Å². The van der Waals surface area contributed by atoms with Crippen LogP contribution in [0.5, 0.6) is 5.75 Å². The van der Waals surface area contributed by atoms with Crippen molar-refractivity contribution in [2.45, 2.75) is 19.9 Å². The van der Waals surface area contributed by atoms with Gasteiger partial charge >= 0.3 is 0 Å². The predicted molar refractivity (Wildman–Crippen MR) is 82.5 cm³/mol. The fourth-order valence-electron chi connectivity index (χ4n) is 2.71. The number of ether oxygens (including phenoxy) is 1.